The molecule has 10 nitrogen and oxygen atoms in total. The van der Waals surface area contributed by atoms with Crippen LogP contribution >= 0.6 is 0 Å². The molecule has 1 amide bonds. The van der Waals surface area contributed by atoms with E-state index in [9.17, 15) is 19.7 Å². The number of hydrogen-bond acceptors (Lipinski definition) is 8. The van der Waals surface area contributed by atoms with Crippen molar-refractivity contribution < 1.29 is 33.5 Å². The molecule has 0 fully saturated rings. The van der Waals surface area contributed by atoms with Crippen molar-refractivity contribution >= 4 is 23.3 Å². The Hall–Kier alpha value is -3.82. The summed E-state index contributed by atoms with van der Waals surface area (Å²) in [5, 5.41) is 13.3. The average molecular weight is 404 g/mol. The van der Waals surface area contributed by atoms with E-state index in [4.69, 9.17) is 18.9 Å². The van der Waals surface area contributed by atoms with Crippen LogP contribution in [0.5, 0.6) is 17.2 Å². The van der Waals surface area contributed by atoms with Crippen LogP contribution in [-0.2, 0) is 9.53 Å². The van der Waals surface area contributed by atoms with Gasteiger partial charge >= 0.3 is 5.97 Å². The van der Waals surface area contributed by atoms with E-state index in [1.807, 2.05) is 0 Å². The molecule has 0 bridgehead atoms. The first-order chi connectivity index (χ1) is 13.8. The predicted octanol–water partition coefficient (Wildman–Crippen LogP) is 2.80. The number of carbonyl (C=O) groups excluding carboxylic acids is 2. The number of nitro groups is 1. The summed E-state index contributed by atoms with van der Waals surface area (Å²) in [6.45, 7) is 1.37. The highest BCUT2D eigenvalue weighted by Crippen LogP contribution is 2.35. The Kier molecular flexibility index (Phi) is 6.96. The summed E-state index contributed by atoms with van der Waals surface area (Å²) in [6, 6.07) is 8.25. The van der Waals surface area contributed by atoms with Gasteiger partial charge in [-0.15, -0.1) is 0 Å². The van der Waals surface area contributed by atoms with Gasteiger partial charge in [0.05, 0.1) is 26.3 Å². The van der Waals surface area contributed by atoms with Crippen molar-refractivity contribution in [2.24, 2.45) is 0 Å². The molecule has 2 aromatic rings. The molecule has 1 atom stereocenters. The number of anilines is 1. The summed E-state index contributed by atoms with van der Waals surface area (Å²) < 4.78 is 20.7. The van der Waals surface area contributed by atoms with Crippen molar-refractivity contribution in [3.8, 4) is 17.2 Å². The lowest BCUT2D eigenvalue weighted by molar-refractivity contribution is -0.384. The molecule has 29 heavy (non-hydrogen) atoms. The van der Waals surface area contributed by atoms with E-state index in [1.54, 1.807) is 0 Å². The van der Waals surface area contributed by atoms with E-state index in [2.05, 4.69) is 5.32 Å². The minimum Gasteiger partial charge on any atom is -0.496 e. The zero-order valence-electron chi connectivity index (χ0n) is 16.3. The summed E-state index contributed by atoms with van der Waals surface area (Å²) >= 11 is 0. The summed E-state index contributed by atoms with van der Waals surface area (Å²) in [4.78, 5) is 35.1. The van der Waals surface area contributed by atoms with Crippen LogP contribution in [0.15, 0.2) is 36.4 Å². The van der Waals surface area contributed by atoms with Crippen LogP contribution in [0.3, 0.4) is 0 Å². The number of non-ortho nitro benzene ring substituents is 1. The number of amides is 1. The molecule has 154 valence electrons. The lowest BCUT2D eigenvalue weighted by Gasteiger charge is -2.16. The molecular formula is C19H20N2O8. The van der Waals surface area contributed by atoms with E-state index in [0.29, 0.717) is 5.75 Å². The summed E-state index contributed by atoms with van der Waals surface area (Å²) in [7, 11) is 4.22. The summed E-state index contributed by atoms with van der Waals surface area (Å²) in [6.07, 6.45) is -1.18. The highest BCUT2D eigenvalue weighted by molar-refractivity contribution is 5.98. The fourth-order valence-electron chi connectivity index (χ4n) is 2.41. The Balaban J connectivity index is 2.15. The maximum atomic E-state index is 12.5. The molecule has 2 aromatic carbocycles. The van der Waals surface area contributed by atoms with Gasteiger partial charge < -0.3 is 24.3 Å². The van der Waals surface area contributed by atoms with Gasteiger partial charge in [0.2, 0.25) is 0 Å². The Morgan fingerprint density at radius 2 is 1.62 bits per heavy atom. The average Bonchev–Trinajstić information content (AvgIpc) is 2.72. The molecule has 0 saturated heterocycles. The number of hydrogen-bond donors (Lipinski definition) is 1. The molecular weight excluding hydrogens is 384 g/mol. The summed E-state index contributed by atoms with van der Waals surface area (Å²) in [5.74, 6) is -0.645. The van der Waals surface area contributed by atoms with Crippen molar-refractivity contribution in [3.05, 3.63) is 52.1 Å². The molecule has 0 unspecified atom stereocenters. The van der Waals surface area contributed by atoms with Gasteiger partial charge in [0.15, 0.2) is 17.6 Å². The predicted molar refractivity (Wildman–Crippen MR) is 103 cm³/mol. The van der Waals surface area contributed by atoms with Gasteiger partial charge in [0, 0.05) is 30.0 Å². The van der Waals surface area contributed by atoms with E-state index >= 15 is 0 Å². The number of carbonyl (C=O) groups is 2. The van der Waals surface area contributed by atoms with Crippen molar-refractivity contribution in [2.45, 2.75) is 13.0 Å². The minimum atomic E-state index is -1.18. The molecule has 0 aromatic heterocycles. The monoisotopic (exact) mass is 404 g/mol. The Labute approximate surface area is 166 Å². The van der Waals surface area contributed by atoms with Crippen molar-refractivity contribution in [1.29, 1.82) is 0 Å². The molecule has 0 aliphatic heterocycles. The second-order valence-electron chi connectivity index (χ2n) is 5.75. The van der Waals surface area contributed by atoms with Crippen LogP contribution in [0.25, 0.3) is 0 Å². The van der Waals surface area contributed by atoms with Gasteiger partial charge in [-0.3, -0.25) is 14.9 Å². The van der Waals surface area contributed by atoms with Gasteiger partial charge in [0.1, 0.15) is 11.3 Å². The maximum Gasteiger partial charge on any atom is 0.342 e. The van der Waals surface area contributed by atoms with Crippen molar-refractivity contribution in [1.82, 2.24) is 0 Å². The topological polar surface area (TPSA) is 126 Å². The molecule has 1 N–H and O–H groups in total. The standard InChI is InChI=1S/C19H20N2O8/c1-11(18(22)20-12-6-5-7-13(8-12)21(24)25)29-19(23)14-9-16(27-3)17(28-4)10-15(14)26-2/h5-11H,1-4H3,(H,20,22)/t11-/m1/s1. The van der Waals surface area contributed by atoms with E-state index in [1.165, 1.54) is 64.7 Å². The lowest BCUT2D eigenvalue weighted by Crippen LogP contribution is -2.30. The molecule has 0 heterocycles. The fraction of sp³-hybridized carbons (Fsp3) is 0.263. The van der Waals surface area contributed by atoms with Gasteiger partial charge in [-0.25, -0.2) is 4.79 Å². The number of esters is 1. The smallest absolute Gasteiger partial charge is 0.342 e. The number of benzene rings is 2. The van der Waals surface area contributed by atoms with Crippen LogP contribution in [0, 0.1) is 10.1 Å². The molecule has 0 spiro atoms. The van der Waals surface area contributed by atoms with Crippen LogP contribution in [0.2, 0.25) is 0 Å². The fourth-order valence-corrected chi connectivity index (χ4v) is 2.41. The quantitative estimate of drug-likeness (QED) is 0.404. The third-order valence-corrected chi connectivity index (χ3v) is 3.90. The van der Waals surface area contributed by atoms with Gasteiger partial charge in [-0.1, -0.05) is 6.07 Å². The molecule has 10 heteroatoms. The lowest BCUT2D eigenvalue weighted by atomic mass is 10.1. The first kappa shape index (κ1) is 21.5. The third kappa shape index (κ3) is 5.12. The Morgan fingerprint density at radius 1 is 1.00 bits per heavy atom. The largest absolute Gasteiger partial charge is 0.496 e. The second-order valence-corrected chi connectivity index (χ2v) is 5.75. The van der Waals surface area contributed by atoms with E-state index in [0.717, 1.165) is 0 Å². The normalized spacial score (nSPS) is 11.2. The highest BCUT2D eigenvalue weighted by atomic mass is 16.6. The highest BCUT2D eigenvalue weighted by Gasteiger charge is 2.24. The third-order valence-electron chi connectivity index (χ3n) is 3.90. The Bertz CT molecular complexity index is 928. The van der Waals surface area contributed by atoms with E-state index in [-0.39, 0.29) is 28.4 Å². The second kappa shape index (κ2) is 9.40. The van der Waals surface area contributed by atoms with Crippen molar-refractivity contribution in [2.75, 3.05) is 26.6 Å². The first-order valence-electron chi connectivity index (χ1n) is 8.37. The number of ether oxygens (including phenoxy) is 4. The van der Waals surface area contributed by atoms with Crippen molar-refractivity contribution in [3.63, 3.8) is 0 Å². The van der Waals surface area contributed by atoms with E-state index < -0.39 is 22.9 Å². The van der Waals surface area contributed by atoms with Gasteiger partial charge in [0.25, 0.3) is 11.6 Å². The maximum absolute atomic E-state index is 12.5. The number of rotatable bonds is 8. The summed E-state index contributed by atoms with van der Waals surface area (Å²) in [5.41, 5.74) is 0.0680. The number of methoxy groups -OCH3 is 3. The zero-order valence-corrected chi connectivity index (χ0v) is 16.3. The number of nitrogens with one attached hydrogen (secondary N) is 1. The first-order valence-corrected chi connectivity index (χ1v) is 8.37. The van der Waals surface area contributed by atoms with Crippen LogP contribution in [0.1, 0.15) is 17.3 Å². The molecule has 2 rings (SSSR count). The molecule has 0 radical (unpaired) electrons. The molecule has 0 aliphatic rings. The SMILES string of the molecule is COc1cc(OC)c(C(=O)O[C@H](C)C(=O)Nc2cccc([N+](=O)[O-])c2)cc1OC. The Morgan fingerprint density at radius 3 is 2.21 bits per heavy atom. The molecule has 0 saturated carbocycles. The zero-order chi connectivity index (χ0) is 21.6. The van der Waals surface area contributed by atoms with Gasteiger partial charge in [-0.05, 0) is 13.0 Å². The number of nitrogens with zero attached hydrogens (tertiary/aromatic N) is 1. The van der Waals surface area contributed by atoms with Crippen LogP contribution in [-0.4, -0.2) is 44.2 Å². The number of nitro benzene ring substituents is 1. The van der Waals surface area contributed by atoms with Crippen LogP contribution in [0.4, 0.5) is 11.4 Å². The molecule has 0 aliphatic carbocycles. The van der Waals surface area contributed by atoms with Crippen LogP contribution < -0.4 is 19.5 Å². The van der Waals surface area contributed by atoms with Gasteiger partial charge in [-0.2, -0.15) is 0 Å². The minimum absolute atomic E-state index is 0.0418.